The quantitative estimate of drug-likeness (QED) is 0.848. The molecule has 1 amide bonds. The van der Waals surface area contributed by atoms with Crippen molar-refractivity contribution in [2.75, 3.05) is 29.5 Å². The minimum Gasteiger partial charge on any atom is -0.447 e. The highest BCUT2D eigenvalue weighted by Crippen LogP contribution is 2.31. The Morgan fingerprint density at radius 2 is 1.95 bits per heavy atom. The van der Waals surface area contributed by atoms with Crippen molar-refractivity contribution in [3.8, 4) is 0 Å². The van der Waals surface area contributed by atoms with E-state index in [1.807, 2.05) is 18.2 Å². The molecule has 2 aliphatic rings. The van der Waals surface area contributed by atoms with E-state index in [-0.39, 0.29) is 6.09 Å². The third-order valence-corrected chi connectivity index (χ3v) is 4.13. The third-order valence-electron chi connectivity index (χ3n) is 4.13. The van der Waals surface area contributed by atoms with Gasteiger partial charge in [-0.2, -0.15) is 0 Å². The summed E-state index contributed by atoms with van der Waals surface area (Å²) >= 11 is 0. The number of amides is 1. The van der Waals surface area contributed by atoms with Gasteiger partial charge in [0.05, 0.1) is 12.2 Å². The lowest BCUT2D eigenvalue weighted by Crippen LogP contribution is -2.33. The molecule has 6 heteroatoms. The summed E-state index contributed by atoms with van der Waals surface area (Å²) in [6.07, 6.45) is 4.14. The number of carbonyl (C=O) groups is 1. The zero-order valence-corrected chi connectivity index (χ0v) is 12.1. The fraction of sp³-hybridized carbons (Fsp3) is 0.312. The Hall–Kier alpha value is -2.63. The topological polar surface area (TPSA) is 58.6 Å². The van der Waals surface area contributed by atoms with Gasteiger partial charge in [0, 0.05) is 25.5 Å². The standard InChI is InChI=1S/C16H16N4O2/c21-16-20(9-10-22-16)14-4-1-3-12-11-19(8-5-13(12)14)15-17-6-2-7-18-15/h1-4,6-7H,5,8-11H2. The Morgan fingerprint density at radius 3 is 2.73 bits per heavy atom. The lowest BCUT2D eigenvalue weighted by Gasteiger charge is -2.31. The van der Waals surface area contributed by atoms with Crippen LogP contribution in [0.25, 0.3) is 0 Å². The Morgan fingerprint density at radius 1 is 1.09 bits per heavy atom. The molecule has 0 spiro atoms. The van der Waals surface area contributed by atoms with Crippen LogP contribution < -0.4 is 9.80 Å². The number of hydrogen-bond donors (Lipinski definition) is 0. The van der Waals surface area contributed by atoms with Gasteiger partial charge in [0.1, 0.15) is 6.61 Å². The van der Waals surface area contributed by atoms with Crippen molar-refractivity contribution >= 4 is 17.7 Å². The number of nitrogens with zero attached hydrogens (tertiary/aromatic N) is 4. The van der Waals surface area contributed by atoms with Crippen LogP contribution in [0.2, 0.25) is 0 Å². The van der Waals surface area contributed by atoms with Crippen LogP contribution in [0.4, 0.5) is 16.4 Å². The van der Waals surface area contributed by atoms with Gasteiger partial charge in [-0.25, -0.2) is 14.8 Å². The van der Waals surface area contributed by atoms with Gasteiger partial charge in [-0.15, -0.1) is 0 Å². The first-order valence-corrected chi connectivity index (χ1v) is 7.40. The maximum atomic E-state index is 11.8. The lowest BCUT2D eigenvalue weighted by atomic mass is 9.97. The van der Waals surface area contributed by atoms with Crippen LogP contribution in [-0.4, -0.2) is 35.8 Å². The van der Waals surface area contributed by atoms with E-state index < -0.39 is 0 Å². The highest BCUT2D eigenvalue weighted by molar-refractivity contribution is 5.90. The van der Waals surface area contributed by atoms with Gasteiger partial charge in [0.15, 0.2) is 0 Å². The van der Waals surface area contributed by atoms with Crippen molar-refractivity contribution < 1.29 is 9.53 Å². The maximum absolute atomic E-state index is 11.8. The molecule has 0 atom stereocenters. The zero-order chi connectivity index (χ0) is 14.9. The number of benzene rings is 1. The van der Waals surface area contributed by atoms with Crippen molar-refractivity contribution in [1.29, 1.82) is 0 Å². The Balaban J connectivity index is 1.65. The van der Waals surface area contributed by atoms with E-state index in [9.17, 15) is 4.79 Å². The molecule has 0 radical (unpaired) electrons. The Bertz CT molecular complexity index is 705. The first kappa shape index (κ1) is 13.1. The molecule has 1 saturated heterocycles. The van der Waals surface area contributed by atoms with E-state index in [0.29, 0.717) is 13.2 Å². The van der Waals surface area contributed by atoms with Crippen LogP contribution in [0.5, 0.6) is 0 Å². The van der Waals surface area contributed by atoms with Crippen LogP contribution in [0.1, 0.15) is 11.1 Å². The molecule has 1 aromatic heterocycles. The predicted molar refractivity (Wildman–Crippen MR) is 81.9 cm³/mol. The Labute approximate surface area is 128 Å². The molecule has 4 rings (SSSR count). The van der Waals surface area contributed by atoms with Crippen LogP contribution in [0.15, 0.2) is 36.7 Å². The molecule has 2 aromatic rings. The van der Waals surface area contributed by atoms with Crippen molar-refractivity contribution in [1.82, 2.24) is 9.97 Å². The fourth-order valence-corrected chi connectivity index (χ4v) is 3.08. The highest BCUT2D eigenvalue weighted by atomic mass is 16.6. The number of fused-ring (bicyclic) bond motifs is 1. The summed E-state index contributed by atoms with van der Waals surface area (Å²) in [5.41, 5.74) is 3.43. The number of anilines is 2. The molecule has 6 nitrogen and oxygen atoms in total. The molecule has 1 fully saturated rings. The van der Waals surface area contributed by atoms with Gasteiger partial charge in [0.2, 0.25) is 5.95 Å². The van der Waals surface area contributed by atoms with Crippen molar-refractivity contribution in [3.05, 3.63) is 47.8 Å². The smallest absolute Gasteiger partial charge is 0.414 e. The second-order valence-corrected chi connectivity index (χ2v) is 5.40. The second-order valence-electron chi connectivity index (χ2n) is 5.40. The van der Waals surface area contributed by atoms with Crippen LogP contribution in [0.3, 0.4) is 0 Å². The number of hydrogen-bond acceptors (Lipinski definition) is 5. The molecule has 22 heavy (non-hydrogen) atoms. The van der Waals surface area contributed by atoms with E-state index in [1.165, 1.54) is 11.1 Å². The van der Waals surface area contributed by atoms with E-state index in [4.69, 9.17) is 4.74 Å². The van der Waals surface area contributed by atoms with Gasteiger partial charge in [-0.05, 0) is 29.7 Å². The molecule has 0 unspecified atom stereocenters. The van der Waals surface area contributed by atoms with E-state index in [0.717, 1.165) is 31.1 Å². The Kier molecular flexibility index (Phi) is 3.14. The molecular formula is C16H16N4O2. The molecule has 3 heterocycles. The summed E-state index contributed by atoms with van der Waals surface area (Å²) in [4.78, 5) is 24.3. The molecule has 112 valence electrons. The normalized spacial score (nSPS) is 17.4. The van der Waals surface area contributed by atoms with E-state index >= 15 is 0 Å². The number of rotatable bonds is 2. The minimum absolute atomic E-state index is 0.248. The van der Waals surface area contributed by atoms with Crippen molar-refractivity contribution in [3.63, 3.8) is 0 Å². The molecule has 1 aromatic carbocycles. The molecule has 2 aliphatic heterocycles. The molecule has 0 N–H and O–H groups in total. The fourth-order valence-electron chi connectivity index (χ4n) is 3.08. The molecular weight excluding hydrogens is 280 g/mol. The SMILES string of the molecule is O=C1OCCN1c1cccc2c1CCN(c1ncccn1)C2. The highest BCUT2D eigenvalue weighted by Gasteiger charge is 2.28. The van der Waals surface area contributed by atoms with Crippen LogP contribution in [-0.2, 0) is 17.7 Å². The van der Waals surface area contributed by atoms with Crippen molar-refractivity contribution in [2.45, 2.75) is 13.0 Å². The third kappa shape index (κ3) is 2.16. The van der Waals surface area contributed by atoms with Gasteiger partial charge in [0.25, 0.3) is 0 Å². The van der Waals surface area contributed by atoms with Crippen LogP contribution in [0, 0.1) is 0 Å². The monoisotopic (exact) mass is 296 g/mol. The van der Waals surface area contributed by atoms with Gasteiger partial charge in [-0.1, -0.05) is 12.1 Å². The summed E-state index contributed by atoms with van der Waals surface area (Å²) in [6.45, 7) is 2.69. The molecule has 0 bridgehead atoms. The average Bonchev–Trinajstić information content (AvgIpc) is 3.00. The van der Waals surface area contributed by atoms with Gasteiger partial charge >= 0.3 is 6.09 Å². The number of ether oxygens (including phenoxy) is 1. The predicted octanol–water partition coefficient (Wildman–Crippen LogP) is 2.00. The first-order chi connectivity index (χ1) is 10.8. The zero-order valence-electron chi connectivity index (χ0n) is 12.1. The molecule has 0 saturated carbocycles. The number of aromatic nitrogens is 2. The lowest BCUT2D eigenvalue weighted by molar-refractivity contribution is 0.181. The maximum Gasteiger partial charge on any atom is 0.414 e. The number of cyclic esters (lactones) is 1. The van der Waals surface area contributed by atoms with Gasteiger partial charge < -0.3 is 9.64 Å². The van der Waals surface area contributed by atoms with E-state index in [1.54, 1.807) is 17.3 Å². The minimum atomic E-state index is -0.248. The van der Waals surface area contributed by atoms with Crippen molar-refractivity contribution in [2.24, 2.45) is 0 Å². The summed E-state index contributed by atoms with van der Waals surface area (Å²) in [7, 11) is 0. The van der Waals surface area contributed by atoms with Gasteiger partial charge in [-0.3, -0.25) is 4.90 Å². The van der Waals surface area contributed by atoms with Crippen LogP contribution >= 0.6 is 0 Å². The average molecular weight is 296 g/mol. The second kappa shape index (κ2) is 5.29. The first-order valence-electron chi connectivity index (χ1n) is 7.40. The number of carbonyl (C=O) groups excluding carboxylic acids is 1. The van der Waals surface area contributed by atoms with E-state index in [2.05, 4.69) is 20.9 Å². The summed E-state index contributed by atoms with van der Waals surface area (Å²) < 4.78 is 5.06. The summed E-state index contributed by atoms with van der Waals surface area (Å²) in [6, 6.07) is 7.92. The summed E-state index contributed by atoms with van der Waals surface area (Å²) in [5, 5.41) is 0. The largest absolute Gasteiger partial charge is 0.447 e. The molecule has 0 aliphatic carbocycles. The summed E-state index contributed by atoms with van der Waals surface area (Å²) in [5.74, 6) is 0.749.